The molecule has 2 aromatic heterocycles. The molecule has 1 atom stereocenters. The van der Waals surface area contributed by atoms with Gasteiger partial charge in [-0.3, -0.25) is 19.3 Å². The van der Waals surface area contributed by atoms with Crippen LogP contribution in [-0.4, -0.2) is 26.6 Å². The number of nitrogens with one attached hydrogen (secondary N) is 1. The zero-order valence-electron chi connectivity index (χ0n) is 23.2. The largest absolute Gasteiger partial charge is 0.435 e. The molecule has 3 aromatic rings. The Morgan fingerprint density at radius 3 is 2.29 bits per heavy atom. The number of aromatic nitrogens is 3. The van der Waals surface area contributed by atoms with Gasteiger partial charge in [0.2, 0.25) is 5.91 Å². The number of hydrogen-bond acceptors (Lipinski definition) is 4. The van der Waals surface area contributed by atoms with Crippen molar-refractivity contribution in [3.05, 3.63) is 99.9 Å². The molecule has 13 heteroatoms. The number of primary amides is 1. The van der Waals surface area contributed by atoms with Crippen molar-refractivity contribution >= 4 is 17.4 Å². The standard InChI is InChI=1S/C29H29F6N5O2/c1-15(2)24-13-25(29(33,34)35)39-40(24)14-26(41)38-23(11-18-9-19(31)12-20(32)10-18)27-21(6-5-7-37-27)16(3)8-22(17(4)30)28(36)42/h5-10,12-13,15,23H,11,14H2,1-4H3,(H2,36,42)(H,38,41)/b16-8+,22-17-/t23-/m0/s1. The molecule has 0 radical (unpaired) electrons. The second kappa shape index (κ2) is 13.0. The van der Waals surface area contributed by atoms with Gasteiger partial charge in [-0.2, -0.15) is 18.3 Å². The van der Waals surface area contributed by atoms with Gasteiger partial charge < -0.3 is 11.1 Å². The first kappa shape index (κ1) is 32.1. The maximum atomic E-state index is 14.0. The number of alkyl halides is 3. The number of carbonyl (C=O) groups is 2. The van der Waals surface area contributed by atoms with E-state index in [1.807, 2.05) is 0 Å². The van der Waals surface area contributed by atoms with Gasteiger partial charge in [0, 0.05) is 23.5 Å². The molecular formula is C29H29F6N5O2. The van der Waals surface area contributed by atoms with Crippen molar-refractivity contribution in [2.24, 2.45) is 5.73 Å². The number of pyridine rings is 1. The fraction of sp³-hybridized carbons (Fsp3) is 0.310. The smallest absolute Gasteiger partial charge is 0.366 e. The van der Waals surface area contributed by atoms with Crippen LogP contribution in [0, 0.1) is 11.6 Å². The maximum Gasteiger partial charge on any atom is 0.435 e. The lowest BCUT2D eigenvalue weighted by Gasteiger charge is -2.22. The minimum Gasteiger partial charge on any atom is -0.366 e. The molecule has 42 heavy (non-hydrogen) atoms. The Morgan fingerprint density at radius 2 is 1.74 bits per heavy atom. The van der Waals surface area contributed by atoms with Crippen LogP contribution in [0.15, 0.2) is 60.1 Å². The fourth-order valence-corrected chi connectivity index (χ4v) is 4.38. The fourth-order valence-electron chi connectivity index (χ4n) is 4.38. The van der Waals surface area contributed by atoms with Crippen LogP contribution in [0.2, 0.25) is 0 Å². The van der Waals surface area contributed by atoms with Gasteiger partial charge in [0.05, 0.1) is 17.3 Å². The molecule has 1 aromatic carbocycles. The van der Waals surface area contributed by atoms with E-state index < -0.39 is 65.2 Å². The summed E-state index contributed by atoms with van der Waals surface area (Å²) in [6, 6.07) is 5.73. The second-order valence-corrected chi connectivity index (χ2v) is 9.94. The molecule has 3 rings (SSSR count). The van der Waals surface area contributed by atoms with Gasteiger partial charge >= 0.3 is 6.18 Å². The third-order valence-corrected chi connectivity index (χ3v) is 6.27. The van der Waals surface area contributed by atoms with E-state index in [0.29, 0.717) is 17.2 Å². The molecule has 0 aliphatic heterocycles. The van der Waals surface area contributed by atoms with E-state index in [4.69, 9.17) is 5.73 Å². The topological polar surface area (TPSA) is 103 Å². The Balaban J connectivity index is 2.06. The van der Waals surface area contributed by atoms with Crippen LogP contribution >= 0.6 is 0 Å². The Morgan fingerprint density at radius 1 is 1.10 bits per heavy atom. The van der Waals surface area contributed by atoms with Crippen molar-refractivity contribution < 1.29 is 35.9 Å². The van der Waals surface area contributed by atoms with E-state index >= 15 is 0 Å². The quantitative estimate of drug-likeness (QED) is 0.173. The number of nitrogens with zero attached hydrogens (tertiary/aromatic N) is 3. The Kier molecular flexibility index (Phi) is 9.97. The number of rotatable bonds is 10. The van der Waals surface area contributed by atoms with E-state index in [-0.39, 0.29) is 23.4 Å². The molecule has 2 heterocycles. The first-order valence-electron chi connectivity index (χ1n) is 12.8. The summed E-state index contributed by atoms with van der Waals surface area (Å²) in [5.74, 6) is -4.72. The summed E-state index contributed by atoms with van der Waals surface area (Å²) in [6.07, 6.45) is -2.31. The molecule has 0 saturated carbocycles. The first-order chi connectivity index (χ1) is 19.6. The Labute approximate surface area is 238 Å². The normalized spacial score (nSPS) is 13.6. The Hall–Kier alpha value is -4.42. The lowest BCUT2D eigenvalue weighted by Crippen LogP contribution is -2.34. The third kappa shape index (κ3) is 8.08. The highest BCUT2D eigenvalue weighted by atomic mass is 19.4. The molecule has 0 aliphatic rings. The summed E-state index contributed by atoms with van der Waals surface area (Å²) >= 11 is 0. The number of carbonyl (C=O) groups excluding carboxylic acids is 2. The van der Waals surface area contributed by atoms with Crippen molar-refractivity contribution in [3.63, 3.8) is 0 Å². The van der Waals surface area contributed by atoms with Crippen LogP contribution in [-0.2, 0) is 28.7 Å². The lowest BCUT2D eigenvalue weighted by atomic mass is 9.94. The number of benzene rings is 1. The van der Waals surface area contributed by atoms with Crippen LogP contribution in [0.1, 0.15) is 67.9 Å². The average molecular weight is 594 g/mol. The van der Waals surface area contributed by atoms with E-state index in [9.17, 15) is 35.9 Å². The van der Waals surface area contributed by atoms with Gasteiger partial charge in [-0.1, -0.05) is 19.9 Å². The maximum absolute atomic E-state index is 14.0. The number of allylic oxidation sites excluding steroid dienone is 2. The SMILES string of the molecule is C/C(F)=C(\C=C(/C)c1cccnc1[C@H](Cc1cc(F)cc(F)c1)NC(=O)Cn1nc(C(F)(F)F)cc1C(C)C)C(N)=O. The summed E-state index contributed by atoms with van der Waals surface area (Å²) in [6.45, 7) is 5.31. The zero-order chi connectivity index (χ0) is 31.4. The highest BCUT2D eigenvalue weighted by Gasteiger charge is 2.35. The molecule has 0 fully saturated rings. The number of hydrogen-bond donors (Lipinski definition) is 2. The summed E-state index contributed by atoms with van der Waals surface area (Å²) in [4.78, 5) is 29.3. The molecular weight excluding hydrogens is 564 g/mol. The van der Waals surface area contributed by atoms with Gasteiger partial charge in [-0.25, -0.2) is 13.2 Å². The summed E-state index contributed by atoms with van der Waals surface area (Å²) in [7, 11) is 0. The van der Waals surface area contributed by atoms with Crippen LogP contribution in [0.3, 0.4) is 0 Å². The minimum atomic E-state index is -4.72. The molecule has 0 spiro atoms. The first-order valence-corrected chi connectivity index (χ1v) is 12.8. The predicted octanol–water partition coefficient (Wildman–Crippen LogP) is 5.93. The van der Waals surface area contributed by atoms with Gasteiger partial charge in [0.25, 0.3) is 5.91 Å². The molecule has 0 saturated heterocycles. The number of amides is 2. The third-order valence-electron chi connectivity index (χ3n) is 6.27. The van der Waals surface area contributed by atoms with E-state index in [2.05, 4.69) is 15.4 Å². The molecule has 0 bridgehead atoms. The van der Waals surface area contributed by atoms with Crippen molar-refractivity contribution in [1.82, 2.24) is 20.1 Å². The average Bonchev–Trinajstić information content (AvgIpc) is 3.30. The van der Waals surface area contributed by atoms with Crippen LogP contribution < -0.4 is 11.1 Å². The van der Waals surface area contributed by atoms with Gasteiger partial charge in [0.1, 0.15) is 24.0 Å². The van der Waals surface area contributed by atoms with Crippen LogP contribution in [0.4, 0.5) is 26.3 Å². The van der Waals surface area contributed by atoms with E-state index in [1.165, 1.54) is 12.3 Å². The highest BCUT2D eigenvalue weighted by Crippen LogP contribution is 2.31. The summed E-state index contributed by atoms with van der Waals surface area (Å²) in [5.41, 5.74) is 4.93. The molecule has 224 valence electrons. The summed E-state index contributed by atoms with van der Waals surface area (Å²) < 4.78 is 82.9. The molecule has 0 unspecified atom stereocenters. The molecule has 7 nitrogen and oxygen atoms in total. The predicted molar refractivity (Wildman–Crippen MR) is 143 cm³/mol. The van der Waals surface area contributed by atoms with Gasteiger partial charge in [0.15, 0.2) is 5.69 Å². The molecule has 3 N–H and O–H groups in total. The van der Waals surface area contributed by atoms with Crippen LogP contribution in [0.25, 0.3) is 5.57 Å². The zero-order valence-corrected chi connectivity index (χ0v) is 23.2. The van der Waals surface area contributed by atoms with Crippen molar-refractivity contribution in [2.45, 2.75) is 58.8 Å². The van der Waals surface area contributed by atoms with Gasteiger partial charge in [-0.15, -0.1) is 0 Å². The monoisotopic (exact) mass is 593 g/mol. The van der Waals surface area contributed by atoms with Crippen LogP contribution in [0.5, 0.6) is 0 Å². The Bertz CT molecular complexity index is 1520. The van der Waals surface area contributed by atoms with Gasteiger partial charge in [-0.05, 0) is 67.7 Å². The summed E-state index contributed by atoms with van der Waals surface area (Å²) in [5, 5.41) is 6.25. The highest BCUT2D eigenvalue weighted by molar-refractivity contribution is 5.97. The van der Waals surface area contributed by atoms with E-state index in [0.717, 1.165) is 29.8 Å². The van der Waals surface area contributed by atoms with Crippen molar-refractivity contribution in [2.75, 3.05) is 0 Å². The number of nitrogens with two attached hydrogens (primary N) is 1. The lowest BCUT2D eigenvalue weighted by molar-refractivity contribution is -0.141. The number of halogens is 6. The molecule has 0 aliphatic carbocycles. The van der Waals surface area contributed by atoms with E-state index in [1.54, 1.807) is 32.9 Å². The second-order valence-electron chi connectivity index (χ2n) is 9.94. The van der Waals surface area contributed by atoms with Crippen molar-refractivity contribution in [3.8, 4) is 0 Å². The molecule has 2 amide bonds. The minimum absolute atomic E-state index is 0.148. The van der Waals surface area contributed by atoms with Crippen molar-refractivity contribution in [1.29, 1.82) is 0 Å².